The van der Waals surface area contributed by atoms with E-state index in [2.05, 4.69) is 4.98 Å². The Bertz CT molecular complexity index is 485. The van der Waals surface area contributed by atoms with Crippen LogP contribution in [-0.2, 0) is 4.79 Å². The Morgan fingerprint density at radius 3 is 2.87 bits per heavy atom. The highest BCUT2D eigenvalue weighted by Crippen LogP contribution is 2.18. The van der Waals surface area contributed by atoms with E-state index in [0.717, 1.165) is 10.9 Å². The Labute approximate surface area is 93.5 Å². The summed E-state index contributed by atoms with van der Waals surface area (Å²) < 4.78 is 4.96. The molecule has 0 fully saturated rings. The van der Waals surface area contributed by atoms with Crippen LogP contribution in [0.2, 0.25) is 0 Å². The molecule has 0 unspecified atom stereocenters. The van der Waals surface area contributed by atoms with Crippen LogP contribution in [0.5, 0.6) is 5.75 Å². The zero-order valence-electron chi connectivity index (χ0n) is 8.14. The van der Waals surface area contributed by atoms with Gasteiger partial charge >= 0.3 is 5.97 Å². The van der Waals surface area contributed by atoms with Crippen molar-refractivity contribution < 1.29 is 9.53 Å². The van der Waals surface area contributed by atoms with Gasteiger partial charge in [-0.3, -0.25) is 9.78 Å². The molecule has 0 radical (unpaired) electrons. The zero-order chi connectivity index (χ0) is 9.97. The van der Waals surface area contributed by atoms with Crippen LogP contribution in [0.25, 0.3) is 10.9 Å². The van der Waals surface area contributed by atoms with Gasteiger partial charge in [0.1, 0.15) is 5.75 Å². The number of aromatic nitrogens is 1. The molecule has 0 amide bonds. The largest absolute Gasteiger partial charge is 0.427 e. The minimum atomic E-state index is -0.312. The third kappa shape index (κ3) is 2.67. The first-order valence-electron chi connectivity index (χ1n) is 4.29. The third-order valence-corrected chi connectivity index (χ3v) is 1.84. The van der Waals surface area contributed by atoms with E-state index in [9.17, 15) is 4.79 Å². The number of carbonyl (C=O) groups is 1. The lowest BCUT2D eigenvalue weighted by atomic mass is 10.2. The number of nitrogens with zero attached hydrogens (tertiary/aromatic N) is 1. The minimum Gasteiger partial charge on any atom is -0.427 e. The minimum absolute atomic E-state index is 0. The molecule has 0 aliphatic heterocycles. The van der Waals surface area contributed by atoms with E-state index in [1.54, 1.807) is 18.3 Å². The van der Waals surface area contributed by atoms with Gasteiger partial charge in [0, 0.05) is 18.5 Å². The summed E-state index contributed by atoms with van der Waals surface area (Å²) in [6.45, 7) is 1.38. The Hall–Kier alpha value is -1.61. The molecular weight excluding hydrogens is 214 g/mol. The van der Waals surface area contributed by atoms with Crippen LogP contribution in [0.4, 0.5) is 0 Å². The molecule has 1 heterocycles. The van der Waals surface area contributed by atoms with Crippen molar-refractivity contribution >= 4 is 29.3 Å². The molecule has 0 bridgehead atoms. The van der Waals surface area contributed by atoms with E-state index in [1.807, 2.05) is 18.2 Å². The van der Waals surface area contributed by atoms with Gasteiger partial charge in [-0.2, -0.15) is 0 Å². The van der Waals surface area contributed by atoms with Gasteiger partial charge in [-0.1, -0.05) is 6.07 Å². The second-order valence-electron chi connectivity index (χ2n) is 2.95. The van der Waals surface area contributed by atoms with Crippen LogP contribution >= 0.6 is 12.4 Å². The van der Waals surface area contributed by atoms with Crippen molar-refractivity contribution in [3.05, 3.63) is 36.5 Å². The highest BCUT2D eigenvalue weighted by molar-refractivity contribution is 5.85. The van der Waals surface area contributed by atoms with Gasteiger partial charge in [0.25, 0.3) is 0 Å². The Balaban J connectivity index is 0.00000112. The summed E-state index contributed by atoms with van der Waals surface area (Å²) in [6, 6.07) is 9.13. The van der Waals surface area contributed by atoms with Crippen molar-refractivity contribution in [2.45, 2.75) is 6.92 Å². The van der Waals surface area contributed by atoms with Gasteiger partial charge in [-0.25, -0.2) is 0 Å². The maximum Gasteiger partial charge on any atom is 0.308 e. The summed E-state index contributed by atoms with van der Waals surface area (Å²) in [5.41, 5.74) is 0.892. The average Bonchev–Trinajstić information content (AvgIpc) is 2.17. The molecule has 1 aromatic heterocycles. The Morgan fingerprint density at radius 1 is 1.33 bits per heavy atom. The monoisotopic (exact) mass is 223 g/mol. The fourth-order valence-electron chi connectivity index (χ4n) is 1.28. The first-order chi connectivity index (χ1) is 6.75. The predicted octanol–water partition coefficient (Wildman–Crippen LogP) is 2.58. The molecule has 0 aliphatic rings. The van der Waals surface area contributed by atoms with E-state index in [0.29, 0.717) is 5.75 Å². The van der Waals surface area contributed by atoms with Crippen LogP contribution < -0.4 is 4.74 Å². The average molecular weight is 224 g/mol. The highest BCUT2D eigenvalue weighted by Gasteiger charge is 1.99. The number of esters is 1. The Kier molecular flexibility index (Phi) is 3.63. The lowest BCUT2D eigenvalue weighted by Gasteiger charge is -2.01. The van der Waals surface area contributed by atoms with Crippen LogP contribution in [0, 0.1) is 0 Å². The summed E-state index contributed by atoms with van der Waals surface area (Å²) in [4.78, 5) is 14.9. The molecule has 78 valence electrons. The summed E-state index contributed by atoms with van der Waals surface area (Å²) in [5, 5.41) is 0.964. The number of ether oxygens (including phenoxy) is 1. The number of carbonyl (C=O) groups excluding carboxylic acids is 1. The lowest BCUT2D eigenvalue weighted by Crippen LogP contribution is -2.00. The van der Waals surface area contributed by atoms with E-state index >= 15 is 0 Å². The van der Waals surface area contributed by atoms with Gasteiger partial charge < -0.3 is 4.74 Å². The number of fused-ring (bicyclic) bond motifs is 1. The fourth-order valence-corrected chi connectivity index (χ4v) is 1.28. The third-order valence-electron chi connectivity index (χ3n) is 1.84. The van der Waals surface area contributed by atoms with E-state index in [4.69, 9.17) is 4.74 Å². The molecule has 4 heteroatoms. The van der Waals surface area contributed by atoms with Crippen LogP contribution in [0.3, 0.4) is 0 Å². The zero-order valence-corrected chi connectivity index (χ0v) is 8.95. The summed E-state index contributed by atoms with van der Waals surface area (Å²) in [6.07, 6.45) is 1.73. The number of benzene rings is 1. The van der Waals surface area contributed by atoms with E-state index in [-0.39, 0.29) is 18.4 Å². The first-order valence-corrected chi connectivity index (χ1v) is 4.29. The number of hydrogen-bond donors (Lipinski definition) is 0. The number of pyridine rings is 1. The summed E-state index contributed by atoms with van der Waals surface area (Å²) in [5.74, 6) is 0.242. The molecule has 2 rings (SSSR count). The molecule has 0 atom stereocenters. The van der Waals surface area contributed by atoms with Crippen LogP contribution in [0.15, 0.2) is 36.5 Å². The van der Waals surface area contributed by atoms with Gasteiger partial charge in [-0.05, 0) is 24.3 Å². The topological polar surface area (TPSA) is 39.2 Å². The molecule has 0 spiro atoms. The number of rotatable bonds is 1. The van der Waals surface area contributed by atoms with Crippen molar-refractivity contribution in [2.75, 3.05) is 0 Å². The predicted molar refractivity (Wildman–Crippen MR) is 60.3 cm³/mol. The Morgan fingerprint density at radius 2 is 2.13 bits per heavy atom. The fraction of sp³-hybridized carbons (Fsp3) is 0.0909. The lowest BCUT2D eigenvalue weighted by molar-refractivity contribution is -0.131. The molecule has 0 N–H and O–H groups in total. The van der Waals surface area contributed by atoms with Gasteiger partial charge in [0.15, 0.2) is 0 Å². The van der Waals surface area contributed by atoms with Crippen molar-refractivity contribution in [2.24, 2.45) is 0 Å². The normalized spacial score (nSPS) is 9.40. The van der Waals surface area contributed by atoms with E-state index in [1.165, 1.54) is 6.92 Å². The van der Waals surface area contributed by atoms with E-state index < -0.39 is 0 Å². The molecule has 15 heavy (non-hydrogen) atoms. The van der Waals surface area contributed by atoms with Gasteiger partial charge in [0.2, 0.25) is 0 Å². The molecule has 0 aliphatic carbocycles. The second-order valence-corrected chi connectivity index (χ2v) is 2.95. The SMILES string of the molecule is CC(=O)Oc1ccc2ncccc2c1.Cl. The van der Waals surface area contributed by atoms with Crippen LogP contribution in [0.1, 0.15) is 6.92 Å². The highest BCUT2D eigenvalue weighted by atomic mass is 35.5. The van der Waals surface area contributed by atoms with Crippen molar-refractivity contribution in [3.8, 4) is 5.75 Å². The standard InChI is InChI=1S/C11H9NO2.ClH/c1-8(13)14-10-4-5-11-9(7-10)3-2-6-12-11;/h2-7H,1H3;1H. The summed E-state index contributed by atoms with van der Waals surface area (Å²) in [7, 11) is 0. The van der Waals surface area contributed by atoms with Gasteiger partial charge in [0.05, 0.1) is 5.52 Å². The molecular formula is C11H10ClNO2. The maximum atomic E-state index is 10.7. The van der Waals surface area contributed by atoms with Crippen LogP contribution in [-0.4, -0.2) is 11.0 Å². The van der Waals surface area contributed by atoms with Crippen molar-refractivity contribution in [3.63, 3.8) is 0 Å². The molecule has 0 saturated heterocycles. The number of halogens is 1. The van der Waals surface area contributed by atoms with Gasteiger partial charge in [-0.15, -0.1) is 12.4 Å². The molecule has 2 aromatic rings. The summed E-state index contributed by atoms with van der Waals surface area (Å²) >= 11 is 0. The quantitative estimate of drug-likeness (QED) is 0.551. The first kappa shape index (κ1) is 11.5. The number of hydrogen-bond acceptors (Lipinski definition) is 3. The van der Waals surface area contributed by atoms with Crippen molar-refractivity contribution in [1.82, 2.24) is 4.98 Å². The maximum absolute atomic E-state index is 10.7. The molecule has 0 saturated carbocycles. The second kappa shape index (κ2) is 4.75. The molecule has 3 nitrogen and oxygen atoms in total. The van der Waals surface area contributed by atoms with Crippen molar-refractivity contribution in [1.29, 1.82) is 0 Å². The smallest absolute Gasteiger partial charge is 0.308 e. The molecule has 1 aromatic carbocycles.